The summed E-state index contributed by atoms with van der Waals surface area (Å²) in [6.45, 7) is 4.28. The van der Waals surface area contributed by atoms with Crippen molar-refractivity contribution in [3.05, 3.63) is 35.4 Å². The first kappa shape index (κ1) is 17.4. The molecule has 0 radical (unpaired) electrons. The molecule has 0 spiro atoms. The molecule has 1 aliphatic carbocycles. The lowest BCUT2D eigenvalue weighted by Crippen LogP contribution is -2.38. The van der Waals surface area contributed by atoms with Crippen LogP contribution in [-0.4, -0.2) is 24.2 Å². The average molecular weight is 317 g/mol. The number of phenols is 1. The maximum Gasteiger partial charge on any atom is 0.224 e. The molecule has 1 aliphatic rings. The van der Waals surface area contributed by atoms with Crippen LogP contribution >= 0.6 is 0 Å². The van der Waals surface area contributed by atoms with Crippen LogP contribution in [0.15, 0.2) is 29.8 Å². The van der Waals surface area contributed by atoms with Gasteiger partial charge in [0.15, 0.2) is 11.5 Å². The highest BCUT2D eigenvalue weighted by Crippen LogP contribution is 2.27. The molecule has 0 saturated heterocycles. The fourth-order valence-electron chi connectivity index (χ4n) is 3.20. The molecule has 0 heterocycles. The van der Waals surface area contributed by atoms with Crippen molar-refractivity contribution in [3.63, 3.8) is 0 Å². The Balaban J connectivity index is 1.83. The van der Waals surface area contributed by atoms with Crippen molar-refractivity contribution in [2.75, 3.05) is 7.11 Å². The van der Waals surface area contributed by atoms with Crippen LogP contribution in [0, 0.1) is 5.92 Å². The molecule has 0 bridgehead atoms. The summed E-state index contributed by atoms with van der Waals surface area (Å²) in [6, 6.07) is 5.30. The van der Waals surface area contributed by atoms with Gasteiger partial charge >= 0.3 is 0 Å². The van der Waals surface area contributed by atoms with E-state index < -0.39 is 0 Å². The highest BCUT2D eigenvalue weighted by Gasteiger charge is 2.21. The number of benzene rings is 1. The Bertz CT molecular complexity index is 568. The van der Waals surface area contributed by atoms with Crippen molar-refractivity contribution in [2.24, 2.45) is 5.92 Å². The lowest BCUT2D eigenvalue weighted by atomic mass is 9.85. The Labute approximate surface area is 138 Å². The third-order valence-corrected chi connectivity index (χ3v) is 4.31. The van der Waals surface area contributed by atoms with E-state index in [0.717, 1.165) is 31.2 Å². The highest BCUT2D eigenvalue weighted by molar-refractivity contribution is 5.79. The smallest absolute Gasteiger partial charge is 0.224 e. The first-order valence-electron chi connectivity index (χ1n) is 8.28. The molecule has 4 nitrogen and oxygen atoms in total. The van der Waals surface area contributed by atoms with E-state index in [1.165, 1.54) is 12.7 Å². The van der Waals surface area contributed by atoms with Gasteiger partial charge in [-0.05, 0) is 63.1 Å². The summed E-state index contributed by atoms with van der Waals surface area (Å²) in [5, 5.41) is 12.7. The number of allylic oxidation sites excluding steroid dienone is 2. The van der Waals surface area contributed by atoms with Crippen molar-refractivity contribution in [3.8, 4) is 11.5 Å². The summed E-state index contributed by atoms with van der Waals surface area (Å²) in [6.07, 6.45) is 7.02. The molecule has 0 unspecified atom stereocenters. The van der Waals surface area contributed by atoms with E-state index in [2.05, 4.69) is 25.2 Å². The van der Waals surface area contributed by atoms with Crippen LogP contribution in [0.25, 0.3) is 0 Å². The molecule has 2 rings (SSSR count). The standard InChI is InChI=1S/C19H27NO3/c1-13(2)10-14-4-7-16(8-5-14)20-19(22)12-15-6-9-17(21)18(11-15)23-3/h6,9-11,14,16,21H,4-5,7-8,12H2,1-3H3,(H,20,22)/t14-,16+. The van der Waals surface area contributed by atoms with E-state index in [-0.39, 0.29) is 17.7 Å². The fourth-order valence-corrected chi connectivity index (χ4v) is 3.20. The van der Waals surface area contributed by atoms with Gasteiger partial charge in [0, 0.05) is 6.04 Å². The van der Waals surface area contributed by atoms with Crippen molar-refractivity contribution >= 4 is 5.91 Å². The van der Waals surface area contributed by atoms with Gasteiger partial charge in [-0.2, -0.15) is 0 Å². The number of methoxy groups -OCH3 is 1. The summed E-state index contributed by atoms with van der Waals surface area (Å²) < 4.78 is 5.07. The quantitative estimate of drug-likeness (QED) is 0.816. The Morgan fingerprint density at radius 2 is 2.00 bits per heavy atom. The van der Waals surface area contributed by atoms with Gasteiger partial charge in [-0.15, -0.1) is 0 Å². The summed E-state index contributed by atoms with van der Waals surface area (Å²) >= 11 is 0. The minimum absolute atomic E-state index is 0.0309. The van der Waals surface area contributed by atoms with Crippen LogP contribution in [-0.2, 0) is 11.2 Å². The van der Waals surface area contributed by atoms with E-state index in [1.807, 2.05) is 0 Å². The molecule has 1 fully saturated rings. The second kappa shape index (κ2) is 8.04. The minimum Gasteiger partial charge on any atom is -0.504 e. The zero-order valence-electron chi connectivity index (χ0n) is 14.3. The van der Waals surface area contributed by atoms with Gasteiger partial charge in [-0.25, -0.2) is 0 Å². The summed E-state index contributed by atoms with van der Waals surface area (Å²) in [5.41, 5.74) is 2.22. The zero-order valence-corrected chi connectivity index (χ0v) is 14.3. The summed E-state index contributed by atoms with van der Waals surface area (Å²) in [5.74, 6) is 1.18. The zero-order chi connectivity index (χ0) is 16.8. The number of ether oxygens (including phenoxy) is 1. The lowest BCUT2D eigenvalue weighted by molar-refractivity contribution is -0.121. The summed E-state index contributed by atoms with van der Waals surface area (Å²) in [7, 11) is 1.50. The molecular weight excluding hydrogens is 290 g/mol. The molecule has 4 heteroatoms. The predicted octanol–water partition coefficient (Wildman–Crippen LogP) is 3.58. The third kappa shape index (κ3) is 5.31. The number of amides is 1. The monoisotopic (exact) mass is 317 g/mol. The van der Waals surface area contributed by atoms with E-state index in [9.17, 15) is 9.90 Å². The number of carbonyl (C=O) groups is 1. The van der Waals surface area contributed by atoms with E-state index in [1.54, 1.807) is 18.2 Å². The second-order valence-electron chi connectivity index (χ2n) is 6.61. The van der Waals surface area contributed by atoms with Gasteiger partial charge in [0.1, 0.15) is 0 Å². The van der Waals surface area contributed by atoms with Gasteiger partial charge in [0.05, 0.1) is 13.5 Å². The molecule has 23 heavy (non-hydrogen) atoms. The molecule has 0 aromatic heterocycles. The van der Waals surface area contributed by atoms with Crippen LogP contribution in [0.3, 0.4) is 0 Å². The number of nitrogens with one attached hydrogen (secondary N) is 1. The van der Waals surface area contributed by atoms with Crippen LogP contribution in [0.2, 0.25) is 0 Å². The molecule has 2 N–H and O–H groups in total. The minimum atomic E-state index is 0.0309. The number of hydrogen-bond acceptors (Lipinski definition) is 3. The highest BCUT2D eigenvalue weighted by atomic mass is 16.5. The first-order valence-corrected chi connectivity index (χ1v) is 8.28. The van der Waals surface area contributed by atoms with Crippen LogP contribution in [0.5, 0.6) is 11.5 Å². The van der Waals surface area contributed by atoms with E-state index >= 15 is 0 Å². The predicted molar refractivity (Wildman–Crippen MR) is 91.7 cm³/mol. The van der Waals surface area contributed by atoms with Crippen LogP contribution in [0.1, 0.15) is 45.1 Å². The van der Waals surface area contributed by atoms with Crippen molar-refractivity contribution in [1.29, 1.82) is 0 Å². The first-order chi connectivity index (χ1) is 11.0. The largest absolute Gasteiger partial charge is 0.504 e. The van der Waals surface area contributed by atoms with E-state index in [0.29, 0.717) is 18.1 Å². The van der Waals surface area contributed by atoms with Crippen LogP contribution in [0.4, 0.5) is 0 Å². The molecule has 126 valence electrons. The molecule has 1 amide bonds. The van der Waals surface area contributed by atoms with Crippen molar-refractivity contribution in [1.82, 2.24) is 5.32 Å². The van der Waals surface area contributed by atoms with Crippen molar-refractivity contribution in [2.45, 2.75) is 52.0 Å². The van der Waals surface area contributed by atoms with Gasteiger partial charge in [0.2, 0.25) is 5.91 Å². The third-order valence-electron chi connectivity index (χ3n) is 4.31. The SMILES string of the molecule is COc1cc(CC(=O)N[C@H]2CC[C@@H](C=C(C)C)CC2)ccc1O. The number of phenolic OH excluding ortho intramolecular Hbond substituents is 1. The Morgan fingerprint density at radius 1 is 1.30 bits per heavy atom. The fraction of sp³-hybridized carbons (Fsp3) is 0.526. The second-order valence-corrected chi connectivity index (χ2v) is 6.61. The van der Waals surface area contributed by atoms with Gasteiger partial charge in [-0.3, -0.25) is 4.79 Å². The molecule has 0 aliphatic heterocycles. The van der Waals surface area contributed by atoms with E-state index in [4.69, 9.17) is 4.74 Å². The number of rotatable bonds is 5. The lowest BCUT2D eigenvalue weighted by Gasteiger charge is -2.27. The Kier molecular flexibility index (Phi) is 6.08. The van der Waals surface area contributed by atoms with Gasteiger partial charge in [0.25, 0.3) is 0 Å². The molecule has 1 aromatic carbocycles. The number of carbonyl (C=O) groups excluding carboxylic acids is 1. The van der Waals surface area contributed by atoms with Crippen molar-refractivity contribution < 1.29 is 14.6 Å². The maximum absolute atomic E-state index is 12.2. The molecular formula is C19H27NO3. The van der Waals surface area contributed by atoms with Crippen LogP contribution < -0.4 is 10.1 Å². The Morgan fingerprint density at radius 3 is 2.61 bits per heavy atom. The molecule has 1 saturated carbocycles. The molecule has 0 atom stereocenters. The molecule has 1 aromatic rings. The summed E-state index contributed by atoms with van der Waals surface area (Å²) in [4.78, 5) is 12.2. The maximum atomic E-state index is 12.2. The topological polar surface area (TPSA) is 58.6 Å². The van der Waals surface area contributed by atoms with Gasteiger partial charge in [-0.1, -0.05) is 17.7 Å². The van der Waals surface area contributed by atoms with Gasteiger partial charge < -0.3 is 15.2 Å². The normalized spacial score (nSPS) is 20.7. The number of aromatic hydroxyl groups is 1. The average Bonchev–Trinajstić information content (AvgIpc) is 2.50. The number of hydrogen-bond donors (Lipinski definition) is 2. The Hall–Kier alpha value is -1.97.